The van der Waals surface area contributed by atoms with Crippen molar-refractivity contribution < 1.29 is 19.4 Å². The first-order valence-electron chi connectivity index (χ1n) is 7.91. The van der Waals surface area contributed by atoms with Crippen molar-refractivity contribution in [2.45, 2.75) is 56.8 Å². The first-order valence-corrected chi connectivity index (χ1v) is 7.91. The van der Waals surface area contributed by atoms with Crippen LogP contribution in [0.3, 0.4) is 0 Å². The van der Waals surface area contributed by atoms with E-state index in [1.54, 1.807) is 0 Å². The molecule has 0 radical (unpaired) electrons. The standard InChI is InChI=1S/C15H25NO4/c17-14(18)11-12-3-7-16(8-4-12)13-1-5-15(6-2-13)19-9-10-20-15/h12-13H,1-11H2,(H,17,18). The lowest BCUT2D eigenvalue weighted by molar-refractivity contribution is -0.184. The van der Waals surface area contributed by atoms with E-state index in [9.17, 15) is 4.79 Å². The van der Waals surface area contributed by atoms with Gasteiger partial charge < -0.3 is 19.5 Å². The number of piperidine rings is 1. The Bertz CT molecular complexity index is 336. The Morgan fingerprint density at radius 3 is 2.25 bits per heavy atom. The normalized spacial score (nSPS) is 29.0. The molecule has 2 saturated heterocycles. The van der Waals surface area contributed by atoms with Crippen molar-refractivity contribution >= 4 is 5.97 Å². The molecule has 0 bridgehead atoms. The third-order valence-corrected chi connectivity index (χ3v) is 5.16. The molecule has 20 heavy (non-hydrogen) atoms. The molecule has 2 heterocycles. The molecule has 0 amide bonds. The molecule has 1 N–H and O–H groups in total. The van der Waals surface area contributed by atoms with Gasteiger partial charge in [0.15, 0.2) is 5.79 Å². The molecular weight excluding hydrogens is 258 g/mol. The average molecular weight is 283 g/mol. The Morgan fingerprint density at radius 2 is 1.70 bits per heavy atom. The minimum absolute atomic E-state index is 0.266. The summed E-state index contributed by atoms with van der Waals surface area (Å²) in [5, 5.41) is 8.86. The third-order valence-electron chi connectivity index (χ3n) is 5.16. The highest BCUT2D eigenvalue weighted by atomic mass is 16.7. The zero-order chi connectivity index (χ0) is 14.0. The molecule has 114 valence electrons. The van der Waals surface area contributed by atoms with Gasteiger partial charge in [0, 0.05) is 25.3 Å². The number of carbonyl (C=O) groups is 1. The molecule has 0 aromatic carbocycles. The molecule has 5 nitrogen and oxygen atoms in total. The van der Waals surface area contributed by atoms with Crippen LogP contribution < -0.4 is 0 Å². The molecule has 0 atom stereocenters. The van der Waals surface area contributed by atoms with Crippen molar-refractivity contribution in [1.29, 1.82) is 0 Å². The predicted octanol–water partition coefficient (Wildman–Crippen LogP) is 1.86. The van der Waals surface area contributed by atoms with Crippen LogP contribution in [0.15, 0.2) is 0 Å². The fourth-order valence-corrected chi connectivity index (χ4v) is 3.96. The summed E-state index contributed by atoms with van der Waals surface area (Å²) in [4.78, 5) is 13.3. The van der Waals surface area contributed by atoms with Crippen LogP contribution in [0.25, 0.3) is 0 Å². The minimum Gasteiger partial charge on any atom is -0.481 e. The Kier molecular flexibility index (Phi) is 4.29. The summed E-state index contributed by atoms with van der Waals surface area (Å²) in [7, 11) is 0. The van der Waals surface area contributed by atoms with Crippen molar-refractivity contribution in [2.75, 3.05) is 26.3 Å². The first kappa shape index (κ1) is 14.3. The number of carboxylic acids is 1. The number of aliphatic carboxylic acids is 1. The van der Waals surface area contributed by atoms with Gasteiger partial charge in [-0.05, 0) is 44.7 Å². The quantitative estimate of drug-likeness (QED) is 0.856. The van der Waals surface area contributed by atoms with Gasteiger partial charge in [0.05, 0.1) is 13.2 Å². The van der Waals surface area contributed by atoms with Crippen molar-refractivity contribution in [3.05, 3.63) is 0 Å². The maximum Gasteiger partial charge on any atom is 0.303 e. The Balaban J connectivity index is 1.44. The molecule has 1 aliphatic carbocycles. The zero-order valence-corrected chi connectivity index (χ0v) is 12.1. The highest BCUT2D eigenvalue weighted by molar-refractivity contribution is 5.67. The summed E-state index contributed by atoms with van der Waals surface area (Å²) in [6, 6.07) is 0.638. The zero-order valence-electron chi connectivity index (χ0n) is 12.1. The summed E-state index contributed by atoms with van der Waals surface area (Å²) in [6.07, 6.45) is 6.69. The number of hydrogen-bond donors (Lipinski definition) is 1. The van der Waals surface area contributed by atoms with E-state index in [-0.39, 0.29) is 5.79 Å². The lowest BCUT2D eigenvalue weighted by atomic mass is 9.86. The van der Waals surface area contributed by atoms with E-state index in [4.69, 9.17) is 14.6 Å². The lowest BCUT2D eigenvalue weighted by Gasteiger charge is -2.43. The van der Waals surface area contributed by atoms with E-state index < -0.39 is 5.97 Å². The van der Waals surface area contributed by atoms with E-state index in [1.165, 1.54) is 0 Å². The molecule has 3 fully saturated rings. The van der Waals surface area contributed by atoms with Gasteiger partial charge in [0.1, 0.15) is 0 Å². The smallest absolute Gasteiger partial charge is 0.303 e. The minimum atomic E-state index is -0.654. The van der Waals surface area contributed by atoms with Crippen LogP contribution in [0, 0.1) is 5.92 Å². The van der Waals surface area contributed by atoms with Crippen LogP contribution in [0.1, 0.15) is 44.9 Å². The highest BCUT2D eigenvalue weighted by Crippen LogP contribution is 2.38. The Labute approximate surface area is 120 Å². The monoisotopic (exact) mass is 283 g/mol. The molecule has 0 aromatic rings. The topological polar surface area (TPSA) is 59.0 Å². The van der Waals surface area contributed by atoms with E-state index in [0.29, 0.717) is 18.4 Å². The molecule has 3 rings (SSSR count). The summed E-state index contributed by atoms with van der Waals surface area (Å²) in [6.45, 7) is 3.59. The van der Waals surface area contributed by atoms with Gasteiger partial charge in [-0.1, -0.05) is 0 Å². The van der Waals surface area contributed by atoms with Crippen LogP contribution in [0.5, 0.6) is 0 Å². The molecule has 1 saturated carbocycles. The summed E-state index contributed by atoms with van der Waals surface area (Å²) in [5.41, 5.74) is 0. The lowest BCUT2D eigenvalue weighted by Crippen LogP contribution is -2.47. The summed E-state index contributed by atoms with van der Waals surface area (Å²) >= 11 is 0. The maximum absolute atomic E-state index is 10.8. The molecule has 1 spiro atoms. The van der Waals surface area contributed by atoms with E-state index in [2.05, 4.69) is 4.90 Å². The van der Waals surface area contributed by atoms with Gasteiger partial charge in [0.2, 0.25) is 0 Å². The van der Waals surface area contributed by atoms with Crippen LogP contribution in [-0.2, 0) is 14.3 Å². The van der Waals surface area contributed by atoms with Gasteiger partial charge in [-0.15, -0.1) is 0 Å². The highest BCUT2D eigenvalue weighted by Gasteiger charge is 2.41. The molecule has 0 unspecified atom stereocenters. The van der Waals surface area contributed by atoms with E-state index >= 15 is 0 Å². The molecule has 3 aliphatic rings. The van der Waals surface area contributed by atoms with Crippen LogP contribution >= 0.6 is 0 Å². The van der Waals surface area contributed by atoms with Gasteiger partial charge in [-0.3, -0.25) is 4.79 Å². The number of likely N-dealkylation sites (tertiary alicyclic amines) is 1. The molecule has 0 aromatic heterocycles. The molecule has 5 heteroatoms. The fourth-order valence-electron chi connectivity index (χ4n) is 3.96. The molecular formula is C15H25NO4. The van der Waals surface area contributed by atoms with Gasteiger partial charge in [-0.2, -0.15) is 0 Å². The average Bonchev–Trinajstić information content (AvgIpc) is 2.89. The van der Waals surface area contributed by atoms with Crippen molar-refractivity contribution in [3.8, 4) is 0 Å². The van der Waals surface area contributed by atoms with Crippen LogP contribution in [0.2, 0.25) is 0 Å². The second kappa shape index (κ2) is 6.00. The van der Waals surface area contributed by atoms with Crippen LogP contribution in [-0.4, -0.2) is 54.1 Å². The maximum atomic E-state index is 10.8. The number of hydrogen-bond acceptors (Lipinski definition) is 4. The van der Waals surface area contributed by atoms with Crippen molar-refractivity contribution in [1.82, 2.24) is 4.90 Å². The summed E-state index contributed by atoms with van der Waals surface area (Å²) in [5.74, 6) is -0.545. The predicted molar refractivity (Wildman–Crippen MR) is 73.4 cm³/mol. The van der Waals surface area contributed by atoms with E-state index in [1.807, 2.05) is 0 Å². The first-order chi connectivity index (χ1) is 9.67. The number of ether oxygens (including phenoxy) is 2. The second-order valence-electron chi connectivity index (χ2n) is 6.42. The van der Waals surface area contributed by atoms with Gasteiger partial charge in [0.25, 0.3) is 0 Å². The fraction of sp³-hybridized carbons (Fsp3) is 0.933. The Morgan fingerprint density at radius 1 is 1.10 bits per heavy atom. The molecule has 2 aliphatic heterocycles. The third kappa shape index (κ3) is 3.15. The Hall–Kier alpha value is -0.650. The van der Waals surface area contributed by atoms with Gasteiger partial charge >= 0.3 is 5.97 Å². The van der Waals surface area contributed by atoms with Gasteiger partial charge in [-0.25, -0.2) is 0 Å². The largest absolute Gasteiger partial charge is 0.481 e. The number of rotatable bonds is 3. The van der Waals surface area contributed by atoms with E-state index in [0.717, 1.165) is 64.8 Å². The summed E-state index contributed by atoms with van der Waals surface area (Å²) < 4.78 is 11.5. The number of carboxylic acid groups (broad SMARTS) is 1. The SMILES string of the molecule is O=C(O)CC1CCN(C2CCC3(CC2)OCCO3)CC1. The van der Waals surface area contributed by atoms with Crippen LogP contribution in [0.4, 0.5) is 0 Å². The van der Waals surface area contributed by atoms with Crippen molar-refractivity contribution in [2.24, 2.45) is 5.92 Å². The van der Waals surface area contributed by atoms with Crippen molar-refractivity contribution in [3.63, 3.8) is 0 Å². The number of nitrogens with zero attached hydrogens (tertiary/aromatic N) is 1. The second-order valence-corrected chi connectivity index (χ2v) is 6.42.